The summed E-state index contributed by atoms with van der Waals surface area (Å²) in [5, 5.41) is 0.195. The van der Waals surface area contributed by atoms with Crippen LogP contribution in [0, 0.1) is 12.7 Å². The summed E-state index contributed by atoms with van der Waals surface area (Å²) in [6.07, 6.45) is 0. The van der Waals surface area contributed by atoms with Crippen LogP contribution in [0.1, 0.15) is 11.3 Å². The summed E-state index contributed by atoms with van der Waals surface area (Å²) in [5.74, 6) is -0.435. The van der Waals surface area contributed by atoms with E-state index in [1.807, 2.05) is 0 Å². The van der Waals surface area contributed by atoms with Crippen molar-refractivity contribution in [3.63, 3.8) is 0 Å². The highest BCUT2D eigenvalue weighted by atomic mass is 32.2. The van der Waals surface area contributed by atoms with Gasteiger partial charge in [-0.05, 0) is 13.0 Å². The normalized spacial score (nSPS) is 12.0. The number of nitrogen functional groups attached to an aromatic ring is 1. The van der Waals surface area contributed by atoms with Crippen molar-refractivity contribution in [3.05, 3.63) is 41.3 Å². The monoisotopic (exact) mass is 315 g/mol. The highest BCUT2D eigenvalue weighted by Crippen LogP contribution is 2.28. The maximum Gasteiger partial charge on any atom is 0.254 e. The van der Waals surface area contributed by atoms with Gasteiger partial charge in [0.2, 0.25) is 0 Å². The van der Waals surface area contributed by atoms with Crippen molar-refractivity contribution in [1.29, 1.82) is 0 Å². The zero-order valence-corrected chi connectivity index (χ0v) is 12.6. The summed E-state index contributed by atoms with van der Waals surface area (Å²) >= 11 is 0.908. The van der Waals surface area contributed by atoms with Crippen molar-refractivity contribution in [3.8, 4) is 0 Å². The number of aryl methyl sites for hydroxylation is 1. The van der Waals surface area contributed by atoms with E-state index < -0.39 is 15.8 Å². The molecule has 0 unspecified atom stereocenters. The smallest absolute Gasteiger partial charge is 0.254 e. The van der Waals surface area contributed by atoms with E-state index in [-0.39, 0.29) is 15.9 Å². The Bertz CT molecular complexity index is 728. The fraction of sp³-hybridized carbons (Fsp3) is 0.250. The maximum atomic E-state index is 13.6. The molecule has 0 radical (unpaired) electrons. The lowest BCUT2D eigenvalue weighted by Crippen LogP contribution is -2.26. The number of aromatic nitrogens is 1. The topological polar surface area (TPSA) is 76.3 Å². The number of sulfonamides is 1. The Labute approximate surface area is 120 Å². The zero-order valence-electron chi connectivity index (χ0n) is 11.0. The molecule has 0 bridgehead atoms. The molecule has 0 spiro atoms. The van der Waals surface area contributed by atoms with Crippen LogP contribution in [-0.2, 0) is 16.6 Å². The lowest BCUT2D eigenvalue weighted by molar-refractivity contribution is 0.457. The van der Waals surface area contributed by atoms with E-state index in [2.05, 4.69) is 4.98 Å². The molecule has 0 aliphatic carbocycles. The van der Waals surface area contributed by atoms with Crippen molar-refractivity contribution in [2.45, 2.75) is 17.7 Å². The molecule has 0 aliphatic heterocycles. The lowest BCUT2D eigenvalue weighted by Gasteiger charge is -2.16. The van der Waals surface area contributed by atoms with Gasteiger partial charge in [0, 0.05) is 19.2 Å². The van der Waals surface area contributed by atoms with Crippen LogP contribution >= 0.6 is 11.3 Å². The number of hydrogen-bond donors (Lipinski definition) is 1. The van der Waals surface area contributed by atoms with Gasteiger partial charge in [0.25, 0.3) is 10.0 Å². The quantitative estimate of drug-likeness (QED) is 0.936. The number of nitrogens with two attached hydrogens (primary N) is 1. The Balaban J connectivity index is 2.31. The average Bonchev–Trinajstić information content (AvgIpc) is 2.72. The van der Waals surface area contributed by atoms with E-state index >= 15 is 0 Å². The minimum absolute atomic E-state index is 0.0494. The van der Waals surface area contributed by atoms with Crippen molar-refractivity contribution in [2.24, 2.45) is 0 Å². The van der Waals surface area contributed by atoms with Gasteiger partial charge in [0.15, 0.2) is 9.34 Å². The molecule has 2 N–H and O–H groups in total. The van der Waals surface area contributed by atoms with Crippen molar-refractivity contribution < 1.29 is 12.8 Å². The molecule has 0 saturated carbocycles. The molecule has 8 heteroatoms. The van der Waals surface area contributed by atoms with Crippen LogP contribution < -0.4 is 5.73 Å². The SMILES string of the molecule is Cc1nc(N)sc1S(=O)(=O)N(C)Cc1ccccc1F. The minimum Gasteiger partial charge on any atom is -0.375 e. The summed E-state index contributed by atoms with van der Waals surface area (Å²) in [6, 6.07) is 6.07. The highest BCUT2D eigenvalue weighted by Gasteiger charge is 2.26. The predicted octanol–water partition coefficient (Wildman–Crippen LogP) is 1.99. The fourth-order valence-corrected chi connectivity index (χ4v) is 4.37. The highest BCUT2D eigenvalue weighted by molar-refractivity contribution is 7.91. The predicted molar refractivity (Wildman–Crippen MR) is 76.3 cm³/mol. The van der Waals surface area contributed by atoms with Gasteiger partial charge in [-0.25, -0.2) is 17.8 Å². The van der Waals surface area contributed by atoms with Gasteiger partial charge in [-0.3, -0.25) is 0 Å². The molecule has 0 saturated heterocycles. The Kier molecular flexibility index (Phi) is 4.07. The van der Waals surface area contributed by atoms with Crippen LogP contribution in [0.15, 0.2) is 28.5 Å². The van der Waals surface area contributed by atoms with E-state index in [1.54, 1.807) is 25.1 Å². The van der Waals surface area contributed by atoms with E-state index in [1.165, 1.54) is 13.1 Å². The van der Waals surface area contributed by atoms with E-state index in [4.69, 9.17) is 5.73 Å². The van der Waals surface area contributed by atoms with Gasteiger partial charge in [0.1, 0.15) is 5.82 Å². The third-order valence-electron chi connectivity index (χ3n) is 2.77. The minimum atomic E-state index is -3.72. The van der Waals surface area contributed by atoms with Gasteiger partial charge in [-0.15, -0.1) is 0 Å². The molecule has 0 amide bonds. The first kappa shape index (κ1) is 14.9. The third kappa shape index (κ3) is 2.82. The largest absolute Gasteiger partial charge is 0.375 e. The van der Waals surface area contributed by atoms with Gasteiger partial charge >= 0.3 is 0 Å². The van der Waals surface area contributed by atoms with Gasteiger partial charge in [-0.1, -0.05) is 29.5 Å². The molecule has 2 aromatic rings. The number of rotatable bonds is 4. The summed E-state index contributed by atoms with van der Waals surface area (Å²) in [6.45, 7) is 1.53. The van der Waals surface area contributed by atoms with Crippen molar-refractivity contribution in [2.75, 3.05) is 12.8 Å². The maximum absolute atomic E-state index is 13.6. The molecule has 1 aromatic heterocycles. The van der Waals surface area contributed by atoms with Crippen LogP contribution in [0.2, 0.25) is 0 Å². The Morgan fingerprint density at radius 3 is 2.60 bits per heavy atom. The van der Waals surface area contributed by atoms with Gasteiger partial charge in [0.05, 0.1) is 5.69 Å². The molecule has 1 heterocycles. The first-order chi connectivity index (χ1) is 9.32. The summed E-state index contributed by atoms with van der Waals surface area (Å²) in [4.78, 5) is 3.90. The first-order valence-corrected chi connectivity index (χ1v) is 8.00. The molecule has 0 atom stereocenters. The third-order valence-corrected chi connectivity index (χ3v) is 6.14. The second kappa shape index (κ2) is 5.47. The van der Waals surface area contributed by atoms with Gasteiger partial charge < -0.3 is 5.73 Å². The molecule has 1 aromatic carbocycles. The van der Waals surface area contributed by atoms with Crippen LogP contribution in [0.25, 0.3) is 0 Å². The zero-order chi connectivity index (χ0) is 14.9. The van der Waals surface area contributed by atoms with Crippen molar-refractivity contribution >= 4 is 26.5 Å². The second-order valence-electron chi connectivity index (χ2n) is 4.28. The molecule has 2 rings (SSSR count). The average molecular weight is 315 g/mol. The number of benzene rings is 1. The van der Waals surface area contributed by atoms with E-state index in [9.17, 15) is 12.8 Å². The Hall–Kier alpha value is -1.51. The number of thiazole rings is 1. The van der Waals surface area contributed by atoms with Crippen LogP contribution in [0.5, 0.6) is 0 Å². The molecule has 0 fully saturated rings. The lowest BCUT2D eigenvalue weighted by atomic mass is 10.2. The number of anilines is 1. The summed E-state index contributed by atoms with van der Waals surface area (Å²) in [7, 11) is -2.32. The van der Waals surface area contributed by atoms with Crippen LogP contribution in [-0.4, -0.2) is 24.8 Å². The number of halogens is 1. The first-order valence-electron chi connectivity index (χ1n) is 5.75. The summed E-state index contributed by atoms with van der Waals surface area (Å²) in [5.41, 5.74) is 6.19. The standard InChI is InChI=1S/C12H14FN3O2S2/c1-8-11(19-12(14)15-8)20(17,18)16(2)7-9-5-3-4-6-10(9)13/h3-6H,7H2,1-2H3,(H2,14,15). The molecule has 0 aliphatic rings. The van der Waals surface area contributed by atoms with E-state index in [0.29, 0.717) is 11.3 Å². The molecule has 108 valence electrons. The Morgan fingerprint density at radius 1 is 1.40 bits per heavy atom. The van der Waals surface area contributed by atoms with E-state index in [0.717, 1.165) is 15.6 Å². The van der Waals surface area contributed by atoms with Crippen molar-refractivity contribution in [1.82, 2.24) is 9.29 Å². The fourth-order valence-electron chi connectivity index (χ4n) is 1.73. The molecule has 5 nitrogen and oxygen atoms in total. The molecular weight excluding hydrogens is 301 g/mol. The van der Waals surface area contributed by atoms with Gasteiger partial charge in [-0.2, -0.15) is 4.31 Å². The summed E-state index contributed by atoms with van der Waals surface area (Å²) < 4.78 is 39.6. The second-order valence-corrected chi connectivity index (χ2v) is 7.55. The van der Waals surface area contributed by atoms with Crippen LogP contribution in [0.3, 0.4) is 0 Å². The van der Waals surface area contributed by atoms with Crippen LogP contribution in [0.4, 0.5) is 9.52 Å². The molecular formula is C12H14FN3O2S2. The number of hydrogen-bond acceptors (Lipinski definition) is 5. The molecule has 20 heavy (non-hydrogen) atoms. The Morgan fingerprint density at radius 2 is 2.05 bits per heavy atom. The number of nitrogens with zero attached hydrogens (tertiary/aromatic N) is 2.